The van der Waals surface area contributed by atoms with Crippen molar-refractivity contribution in [2.45, 2.75) is 56.5 Å². The Balaban J connectivity index is 1.92. The van der Waals surface area contributed by atoms with E-state index in [4.69, 9.17) is 26.2 Å². The Labute approximate surface area is 168 Å². The van der Waals surface area contributed by atoms with E-state index in [9.17, 15) is 4.21 Å². The number of nitrogens with two attached hydrogens (primary N) is 1. The molecule has 0 radical (unpaired) electrons. The average Bonchev–Trinajstić information content (AvgIpc) is 2.65. The van der Waals surface area contributed by atoms with E-state index in [1.165, 1.54) is 0 Å². The predicted molar refractivity (Wildman–Crippen MR) is 110 cm³/mol. The van der Waals surface area contributed by atoms with Crippen LogP contribution in [0.3, 0.4) is 0 Å². The number of ether oxygens (including phenoxy) is 2. The maximum atomic E-state index is 12.1. The van der Waals surface area contributed by atoms with Crippen molar-refractivity contribution in [2.75, 3.05) is 13.2 Å². The highest BCUT2D eigenvalue weighted by molar-refractivity contribution is 7.84. The smallest absolute Gasteiger partial charge is 0.157 e. The summed E-state index contributed by atoms with van der Waals surface area (Å²) in [5.41, 5.74) is 1.97. The number of fused-ring (bicyclic) bond motifs is 1. The van der Waals surface area contributed by atoms with E-state index in [2.05, 4.69) is 11.1 Å². The van der Waals surface area contributed by atoms with Crippen molar-refractivity contribution in [3.05, 3.63) is 41.0 Å². The molecule has 1 aliphatic heterocycles. The van der Waals surface area contributed by atoms with Crippen molar-refractivity contribution in [2.24, 2.45) is 5.14 Å². The zero-order valence-corrected chi connectivity index (χ0v) is 17.4. The summed E-state index contributed by atoms with van der Waals surface area (Å²) >= 11 is 6.31. The molecule has 1 aliphatic rings. The normalized spacial score (nSPS) is 18.5. The number of hydrogen-bond donors (Lipinski definition) is 1. The molecule has 1 aromatic heterocycles. The standard InChI is InChI=1S/C20H27ClN2O3S/c1-20(2,27(22)24)13-14(8-9-19-25-10-5-11-26-19)16-12-18(21)23-17-7-4-3-6-15(16)17/h3-4,6-7,12,14,19H,5,8-11,13,22H2,1-2H3/t14-,27?/m0/s1. The van der Waals surface area contributed by atoms with Crippen molar-refractivity contribution in [3.63, 3.8) is 0 Å². The van der Waals surface area contributed by atoms with Crippen LogP contribution >= 0.6 is 11.6 Å². The largest absolute Gasteiger partial charge is 0.353 e. The van der Waals surface area contributed by atoms with E-state index in [0.29, 0.717) is 11.6 Å². The average molecular weight is 411 g/mol. The summed E-state index contributed by atoms with van der Waals surface area (Å²) < 4.78 is 23.0. The van der Waals surface area contributed by atoms with Gasteiger partial charge in [-0.15, -0.1) is 0 Å². The number of nitrogens with zero attached hydrogens (tertiary/aromatic N) is 1. The van der Waals surface area contributed by atoms with Gasteiger partial charge in [-0.25, -0.2) is 9.19 Å². The SMILES string of the molecule is CC(C)(C[C@H](CCC1OCCCO1)c1cc(Cl)nc2ccccc12)S(N)=O. The van der Waals surface area contributed by atoms with Crippen molar-refractivity contribution in [1.29, 1.82) is 0 Å². The maximum Gasteiger partial charge on any atom is 0.157 e. The monoisotopic (exact) mass is 410 g/mol. The lowest BCUT2D eigenvalue weighted by Crippen LogP contribution is -2.34. The second kappa shape index (κ2) is 8.97. The van der Waals surface area contributed by atoms with E-state index < -0.39 is 15.7 Å². The topological polar surface area (TPSA) is 74.4 Å². The van der Waals surface area contributed by atoms with Gasteiger partial charge < -0.3 is 9.47 Å². The Hall–Kier alpha value is -1.05. The van der Waals surface area contributed by atoms with Crippen LogP contribution in [0, 0.1) is 0 Å². The fraction of sp³-hybridized carbons (Fsp3) is 0.550. The molecular weight excluding hydrogens is 384 g/mol. The Bertz CT molecular complexity index is 809. The molecule has 0 spiro atoms. The zero-order valence-electron chi connectivity index (χ0n) is 15.8. The number of pyridine rings is 1. The van der Waals surface area contributed by atoms with Gasteiger partial charge in [-0.1, -0.05) is 29.8 Å². The van der Waals surface area contributed by atoms with Crippen LogP contribution in [0.25, 0.3) is 10.9 Å². The number of para-hydroxylation sites is 1. The summed E-state index contributed by atoms with van der Waals surface area (Å²) in [7, 11) is -1.43. The van der Waals surface area contributed by atoms with E-state index in [1.807, 2.05) is 38.1 Å². The fourth-order valence-electron chi connectivity index (χ4n) is 3.59. The molecule has 1 unspecified atom stereocenters. The lowest BCUT2D eigenvalue weighted by molar-refractivity contribution is -0.182. The van der Waals surface area contributed by atoms with Gasteiger partial charge in [0.25, 0.3) is 0 Å². The second-order valence-corrected chi connectivity index (χ2v) is 9.70. The summed E-state index contributed by atoms with van der Waals surface area (Å²) in [6.45, 7) is 5.35. The van der Waals surface area contributed by atoms with E-state index in [1.54, 1.807) is 0 Å². The third-order valence-electron chi connectivity index (χ3n) is 5.09. The Kier molecular flexibility index (Phi) is 6.87. The third kappa shape index (κ3) is 5.27. The Morgan fingerprint density at radius 3 is 2.74 bits per heavy atom. The number of benzene rings is 1. The van der Waals surface area contributed by atoms with Crippen LogP contribution in [0.15, 0.2) is 30.3 Å². The highest BCUT2D eigenvalue weighted by atomic mass is 35.5. The quantitative estimate of drug-likeness (QED) is 0.690. The summed E-state index contributed by atoms with van der Waals surface area (Å²) in [6.07, 6.45) is 3.02. The highest BCUT2D eigenvalue weighted by Crippen LogP contribution is 2.37. The molecule has 148 valence electrons. The zero-order chi connectivity index (χ0) is 19.4. The van der Waals surface area contributed by atoms with Gasteiger partial charge in [0.1, 0.15) is 5.15 Å². The third-order valence-corrected chi connectivity index (χ3v) is 6.54. The molecule has 2 N–H and O–H groups in total. The van der Waals surface area contributed by atoms with Crippen molar-refractivity contribution >= 4 is 33.5 Å². The van der Waals surface area contributed by atoms with Gasteiger partial charge >= 0.3 is 0 Å². The van der Waals surface area contributed by atoms with E-state index in [0.717, 1.165) is 48.9 Å². The number of aromatic nitrogens is 1. The molecule has 0 amide bonds. The predicted octanol–water partition coefficient (Wildman–Crippen LogP) is 4.31. The number of rotatable bonds is 7. The van der Waals surface area contributed by atoms with Gasteiger partial charge in [-0.05, 0) is 63.1 Å². The van der Waals surface area contributed by atoms with Gasteiger partial charge in [0.05, 0.1) is 34.5 Å². The van der Waals surface area contributed by atoms with Gasteiger partial charge in [0.15, 0.2) is 6.29 Å². The van der Waals surface area contributed by atoms with Gasteiger partial charge in [0.2, 0.25) is 0 Å². The molecule has 2 atom stereocenters. The van der Waals surface area contributed by atoms with Crippen LogP contribution in [0.2, 0.25) is 5.15 Å². The first-order valence-electron chi connectivity index (χ1n) is 9.31. The number of hydrogen-bond acceptors (Lipinski definition) is 4. The first-order valence-corrected chi connectivity index (χ1v) is 10.9. The molecule has 0 saturated carbocycles. The van der Waals surface area contributed by atoms with E-state index >= 15 is 0 Å². The molecule has 3 rings (SSSR count). The second-order valence-electron chi connectivity index (χ2n) is 7.61. The van der Waals surface area contributed by atoms with Crippen LogP contribution in [0.4, 0.5) is 0 Å². The van der Waals surface area contributed by atoms with Gasteiger partial charge in [0, 0.05) is 5.39 Å². The Morgan fingerprint density at radius 1 is 1.33 bits per heavy atom. The minimum Gasteiger partial charge on any atom is -0.353 e. The molecule has 2 aromatic rings. The molecule has 1 fully saturated rings. The minimum atomic E-state index is -1.43. The van der Waals surface area contributed by atoms with Crippen molar-refractivity contribution in [3.8, 4) is 0 Å². The molecule has 2 heterocycles. The van der Waals surface area contributed by atoms with E-state index in [-0.39, 0.29) is 12.2 Å². The maximum absolute atomic E-state index is 12.1. The van der Waals surface area contributed by atoms with Gasteiger partial charge in [-0.3, -0.25) is 5.14 Å². The first kappa shape index (κ1) is 20.7. The van der Waals surface area contributed by atoms with Crippen LogP contribution in [0.1, 0.15) is 51.0 Å². The molecule has 7 heteroatoms. The van der Waals surface area contributed by atoms with Crippen LogP contribution in [-0.4, -0.2) is 33.4 Å². The molecule has 1 aromatic carbocycles. The minimum absolute atomic E-state index is 0.118. The Morgan fingerprint density at radius 2 is 2.04 bits per heavy atom. The lowest BCUT2D eigenvalue weighted by atomic mass is 9.84. The molecule has 5 nitrogen and oxygen atoms in total. The molecular formula is C20H27ClN2O3S. The molecule has 1 saturated heterocycles. The van der Waals surface area contributed by atoms with Crippen molar-refractivity contribution < 1.29 is 13.7 Å². The molecule has 27 heavy (non-hydrogen) atoms. The lowest BCUT2D eigenvalue weighted by Gasteiger charge is -2.30. The summed E-state index contributed by atoms with van der Waals surface area (Å²) in [4.78, 5) is 4.43. The first-order chi connectivity index (χ1) is 12.9. The van der Waals surface area contributed by atoms with Crippen LogP contribution in [0.5, 0.6) is 0 Å². The molecule has 0 aliphatic carbocycles. The van der Waals surface area contributed by atoms with Crippen LogP contribution in [-0.2, 0) is 20.5 Å². The molecule has 0 bridgehead atoms. The summed E-state index contributed by atoms with van der Waals surface area (Å²) in [5.74, 6) is 0.118. The number of halogens is 1. The fourth-order valence-corrected chi connectivity index (χ4v) is 4.16. The van der Waals surface area contributed by atoms with Gasteiger partial charge in [-0.2, -0.15) is 0 Å². The van der Waals surface area contributed by atoms with Crippen LogP contribution < -0.4 is 5.14 Å². The summed E-state index contributed by atoms with van der Waals surface area (Å²) in [6, 6.07) is 9.89. The van der Waals surface area contributed by atoms with Crippen molar-refractivity contribution in [1.82, 2.24) is 4.98 Å². The highest BCUT2D eigenvalue weighted by Gasteiger charge is 2.30. The summed E-state index contributed by atoms with van der Waals surface area (Å²) in [5, 5.41) is 7.29.